The minimum absolute atomic E-state index is 0. The second-order valence-corrected chi connectivity index (χ2v) is 11.0. The number of rotatable bonds is 6. The summed E-state index contributed by atoms with van der Waals surface area (Å²) in [6.07, 6.45) is 3.21. The third kappa shape index (κ3) is 7.40. The zero-order chi connectivity index (χ0) is 20.8. The Labute approximate surface area is 193 Å². The van der Waals surface area contributed by atoms with Crippen LogP contribution in [0, 0.1) is 0 Å². The predicted octanol–water partition coefficient (Wildman–Crippen LogP) is 2.90. The number of guanidine groups is 1. The third-order valence-corrected chi connectivity index (χ3v) is 7.64. The molecule has 2 rings (SSSR count). The zero-order valence-electron chi connectivity index (χ0n) is 18.2. The summed E-state index contributed by atoms with van der Waals surface area (Å²) >= 11 is 0. The second-order valence-electron chi connectivity index (χ2n) is 8.62. The van der Waals surface area contributed by atoms with Gasteiger partial charge >= 0.3 is 0 Å². The molecule has 1 aliphatic rings. The molecule has 1 aromatic rings. The van der Waals surface area contributed by atoms with E-state index in [4.69, 9.17) is 4.74 Å². The van der Waals surface area contributed by atoms with Crippen molar-refractivity contribution in [2.45, 2.75) is 50.2 Å². The van der Waals surface area contributed by atoms with Crippen LogP contribution in [0.4, 0.5) is 0 Å². The monoisotopic (exact) mass is 537 g/mol. The largest absolute Gasteiger partial charge is 0.381 e. The predicted molar refractivity (Wildman–Crippen MR) is 131 cm³/mol. The number of aliphatic imine (C=N–C) groups is 1. The fourth-order valence-electron chi connectivity index (χ4n) is 3.38. The molecule has 0 atom stereocenters. The Morgan fingerprint density at radius 3 is 2.21 bits per heavy atom. The van der Waals surface area contributed by atoms with Gasteiger partial charge in [0.1, 0.15) is 0 Å². The molecule has 1 aliphatic heterocycles. The molecule has 0 spiro atoms. The van der Waals surface area contributed by atoms with Crippen LogP contribution in [0.5, 0.6) is 0 Å². The Hall–Kier alpha value is -0.870. The number of nitrogens with zero attached hydrogens (tertiary/aromatic N) is 1. The van der Waals surface area contributed by atoms with E-state index in [1.165, 1.54) is 17.4 Å². The van der Waals surface area contributed by atoms with Gasteiger partial charge in [0.05, 0.1) is 4.75 Å². The summed E-state index contributed by atoms with van der Waals surface area (Å²) in [4.78, 5) is 4.23. The van der Waals surface area contributed by atoms with Crippen molar-refractivity contribution in [1.29, 1.82) is 0 Å². The van der Waals surface area contributed by atoms with E-state index >= 15 is 0 Å². The molecule has 1 heterocycles. The lowest BCUT2D eigenvalue weighted by atomic mass is 9.86. The van der Waals surface area contributed by atoms with Crippen LogP contribution in [0.3, 0.4) is 0 Å². The first-order valence-electron chi connectivity index (χ1n) is 9.89. The van der Waals surface area contributed by atoms with Gasteiger partial charge < -0.3 is 15.4 Å². The van der Waals surface area contributed by atoms with Gasteiger partial charge in [0.25, 0.3) is 0 Å². The van der Waals surface area contributed by atoms with E-state index in [1.807, 2.05) is 0 Å². The van der Waals surface area contributed by atoms with Crippen LogP contribution in [-0.2, 0) is 26.4 Å². The molecule has 2 N–H and O–H groups in total. The number of hydrogen-bond donors (Lipinski definition) is 2. The van der Waals surface area contributed by atoms with Gasteiger partial charge in [0.2, 0.25) is 0 Å². The van der Waals surface area contributed by atoms with Gasteiger partial charge in [0, 0.05) is 39.6 Å². The summed E-state index contributed by atoms with van der Waals surface area (Å²) in [5.74, 6) is 0.626. The molecule has 6 nitrogen and oxygen atoms in total. The van der Waals surface area contributed by atoms with Crippen molar-refractivity contribution in [3.8, 4) is 0 Å². The average Bonchev–Trinajstić information content (AvgIpc) is 2.64. The van der Waals surface area contributed by atoms with Gasteiger partial charge in [-0.25, -0.2) is 8.42 Å². The molecule has 8 heteroatoms. The highest BCUT2D eigenvalue weighted by molar-refractivity contribution is 14.0. The van der Waals surface area contributed by atoms with Crippen molar-refractivity contribution in [2.24, 2.45) is 4.99 Å². The van der Waals surface area contributed by atoms with Crippen LogP contribution in [0.2, 0.25) is 0 Å². The van der Waals surface area contributed by atoms with Crippen LogP contribution in [0.25, 0.3) is 0 Å². The second kappa shape index (κ2) is 10.9. The zero-order valence-corrected chi connectivity index (χ0v) is 21.4. The number of benzene rings is 1. The highest BCUT2D eigenvalue weighted by atomic mass is 127. The Morgan fingerprint density at radius 2 is 1.72 bits per heavy atom. The molecule has 0 amide bonds. The first-order valence-corrected chi connectivity index (χ1v) is 11.8. The topological polar surface area (TPSA) is 79.8 Å². The average molecular weight is 538 g/mol. The first-order chi connectivity index (χ1) is 13.1. The normalized spacial score (nSPS) is 17.3. The highest BCUT2D eigenvalue weighted by Crippen LogP contribution is 2.28. The Morgan fingerprint density at radius 1 is 1.14 bits per heavy atom. The molecule has 0 aromatic heterocycles. The number of nitrogens with one attached hydrogen (secondary N) is 2. The molecule has 1 aromatic carbocycles. The van der Waals surface area contributed by atoms with Crippen LogP contribution in [0.15, 0.2) is 29.3 Å². The molecule has 0 radical (unpaired) electrons. The number of ether oxygens (including phenoxy) is 1. The van der Waals surface area contributed by atoms with E-state index in [0.29, 0.717) is 38.6 Å². The van der Waals surface area contributed by atoms with E-state index in [1.54, 1.807) is 7.05 Å². The minimum Gasteiger partial charge on any atom is -0.381 e. The number of hydrogen-bond acceptors (Lipinski definition) is 4. The molecule has 1 fully saturated rings. The standard InChI is InChI=1S/C21H35N3O3S.HI/c1-20(2,3)18-8-6-17(7-9-18)10-13-23-19(22-4)24-16-21(28(5,25)26)11-14-27-15-12-21;/h6-9H,10-16H2,1-5H3,(H2,22,23,24);1H. The van der Waals surface area contributed by atoms with Crippen molar-refractivity contribution < 1.29 is 13.2 Å². The van der Waals surface area contributed by atoms with Gasteiger partial charge in [-0.1, -0.05) is 45.0 Å². The van der Waals surface area contributed by atoms with E-state index in [2.05, 4.69) is 60.7 Å². The first kappa shape index (κ1) is 26.2. The lowest BCUT2D eigenvalue weighted by Gasteiger charge is -2.35. The van der Waals surface area contributed by atoms with Crippen molar-refractivity contribution in [3.05, 3.63) is 35.4 Å². The number of halogens is 1. The van der Waals surface area contributed by atoms with Crippen molar-refractivity contribution in [3.63, 3.8) is 0 Å². The van der Waals surface area contributed by atoms with Crippen LogP contribution >= 0.6 is 24.0 Å². The smallest absolute Gasteiger partial charge is 0.191 e. The summed E-state index contributed by atoms with van der Waals surface area (Å²) in [5, 5.41) is 6.49. The molecular formula is C21H36IN3O3S. The number of sulfone groups is 1. The van der Waals surface area contributed by atoms with Gasteiger partial charge in [-0.05, 0) is 35.8 Å². The molecule has 0 saturated carbocycles. The van der Waals surface area contributed by atoms with Crippen LogP contribution < -0.4 is 10.6 Å². The fraction of sp³-hybridized carbons (Fsp3) is 0.667. The van der Waals surface area contributed by atoms with Crippen molar-refractivity contribution in [1.82, 2.24) is 10.6 Å². The van der Waals surface area contributed by atoms with Gasteiger partial charge in [-0.2, -0.15) is 0 Å². The Balaban J connectivity index is 0.00000420. The summed E-state index contributed by atoms with van der Waals surface area (Å²) in [6.45, 7) is 8.65. The minimum atomic E-state index is -3.20. The van der Waals surface area contributed by atoms with Crippen molar-refractivity contribution in [2.75, 3.05) is 39.6 Å². The van der Waals surface area contributed by atoms with Gasteiger partial charge in [-0.3, -0.25) is 4.99 Å². The highest BCUT2D eigenvalue weighted by Gasteiger charge is 2.42. The quantitative estimate of drug-likeness (QED) is 0.332. The molecule has 29 heavy (non-hydrogen) atoms. The molecule has 166 valence electrons. The molecule has 1 saturated heterocycles. The van der Waals surface area contributed by atoms with Crippen LogP contribution in [0.1, 0.15) is 44.7 Å². The summed E-state index contributed by atoms with van der Waals surface area (Å²) in [7, 11) is -1.50. The van der Waals surface area contributed by atoms with Gasteiger partial charge in [0.15, 0.2) is 15.8 Å². The maximum atomic E-state index is 12.4. The fourth-order valence-corrected chi connectivity index (χ4v) is 4.63. The van der Waals surface area contributed by atoms with Gasteiger partial charge in [-0.15, -0.1) is 24.0 Å². The Kier molecular flexibility index (Phi) is 9.88. The lowest BCUT2D eigenvalue weighted by molar-refractivity contribution is 0.0756. The lowest BCUT2D eigenvalue weighted by Crippen LogP contribution is -2.53. The SMILES string of the molecule is CN=C(NCCc1ccc(C(C)(C)C)cc1)NCC1(S(C)(=O)=O)CCOCC1.I. The van der Waals surface area contributed by atoms with E-state index in [9.17, 15) is 8.42 Å². The van der Waals surface area contributed by atoms with E-state index in [0.717, 1.165) is 13.0 Å². The molecular weight excluding hydrogens is 501 g/mol. The molecule has 0 bridgehead atoms. The van der Waals surface area contributed by atoms with E-state index < -0.39 is 14.6 Å². The Bertz CT molecular complexity index is 765. The van der Waals surface area contributed by atoms with Crippen LogP contribution in [-0.4, -0.2) is 58.7 Å². The van der Waals surface area contributed by atoms with Crippen molar-refractivity contribution >= 4 is 39.8 Å². The van der Waals surface area contributed by atoms with E-state index in [-0.39, 0.29) is 29.4 Å². The molecule has 0 aliphatic carbocycles. The maximum absolute atomic E-state index is 12.4. The third-order valence-electron chi connectivity index (χ3n) is 5.52. The summed E-state index contributed by atoms with van der Waals surface area (Å²) < 4.78 is 29.3. The maximum Gasteiger partial charge on any atom is 0.191 e. The molecule has 0 unspecified atom stereocenters. The summed E-state index contributed by atoms with van der Waals surface area (Å²) in [5.41, 5.74) is 2.74. The summed E-state index contributed by atoms with van der Waals surface area (Å²) in [6, 6.07) is 8.70.